The Bertz CT molecular complexity index is 113. The van der Waals surface area contributed by atoms with E-state index in [9.17, 15) is 0 Å². The Labute approximate surface area is 69.1 Å². The molecule has 0 amide bonds. The minimum Gasteiger partial charge on any atom is -0.423 e. The lowest BCUT2D eigenvalue weighted by atomic mass is 9.78. The molecule has 0 saturated carbocycles. The van der Waals surface area contributed by atoms with E-state index in [0.29, 0.717) is 5.47 Å². The molecule has 0 heterocycles. The molecule has 0 aromatic carbocycles. The summed E-state index contributed by atoms with van der Waals surface area (Å²) >= 11 is 0. The van der Waals surface area contributed by atoms with Gasteiger partial charge in [0.25, 0.3) is 0 Å². The largest absolute Gasteiger partial charge is 0.483 e. The maximum atomic E-state index is 8.63. The van der Waals surface area contributed by atoms with Gasteiger partial charge in [-0.05, 0) is 11.9 Å². The second kappa shape index (κ2) is 6.44. The molecule has 2 N–H and O–H groups in total. The van der Waals surface area contributed by atoms with Crippen LogP contribution >= 0.6 is 0 Å². The van der Waals surface area contributed by atoms with Gasteiger partial charge in [-0.25, -0.2) is 0 Å². The average molecular weight is 156 g/mol. The van der Waals surface area contributed by atoms with E-state index in [-0.39, 0.29) is 0 Å². The van der Waals surface area contributed by atoms with Crippen LogP contribution in [-0.4, -0.2) is 17.2 Å². The normalized spacial score (nSPS) is 9.73. The highest BCUT2D eigenvalue weighted by molar-refractivity contribution is 6.50. The highest BCUT2D eigenvalue weighted by Crippen LogP contribution is 2.08. The van der Waals surface area contributed by atoms with Crippen molar-refractivity contribution in [3.63, 3.8) is 0 Å². The summed E-state index contributed by atoms with van der Waals surface area (Å²) in [4.78, 5) is 0. The van der Waals surface area contributed by atoms with Crippen molar-refractivity contribution in [1.82, 2.24) is 0 Å². The quantitative estimate of drug-likeness (QED) is 0.452. The van der Waals surface area contributed by atoms with Crippen LogP contribution in [0.25, 0.3) is 0 Å². The van der Waals surface area contributed by atoms with Crippen LogP contribution in [0.3, 0.4) is 0 Å². The summed E-state index contributed by atoms with van der Waals surface area (Å²) in [5.41, 5.74) is 0.529. The van der Waals surface area contributed by atoms with E-state index in [1.807, 2.05) is 0 Å². The second-order valence-corrected chi connectivity index (χ2v) is 2.84. The lowest BCUT2D eigenvalue weighted by molar-refractivity contribution is 0.416. The third-order valence-electron chi connectivity index (χ3n) is 1.72. The molecule has 0 aliphatic rings. The Balaban J connectivity index is 3.18. The molecule has 0 bridgehead atoms. The number of rotatable bonds is 6. The van der Waals surface area contributed by atoms with E-state index in [4.69, 9.17) is 10.0 Å². The molecule has 0 rings (SSSR count). The highest BCUT2D eigenvalue weighted by atomic mass is 16.4. The van der Waals surface area contributed by atoms with Crippen molar-refractivity contribution in [2.75, 3.05) is 0 Å². The molecule has 0 saturated heterocycles. The maximum Gasteiger partial charge on any atom is 0.483 e. The van der Waals surface area contributed by atoms with Gasteiger partial charge < -0.3 is 10.0 Å². The summed E-state index contributed by atoms with van der Waals surface area (Å²) in [6.07, 6.45) is 5.33. The first-order chi connectivity index (χ1) is 5.18. The van der Waals surface area contributed by atoms with Gasteiger partial charge in [0.2, 0.25) is 0 Å². The van der Waals surface area contributed by atoms with Crippen molar-refractivity contribution in [2.24, 2.45) is 0 Å². The molecule has 0 unspecified atom stereocenters. The number of hydrogen-bond donors (Lipinski definition) is 2. The van der Waals surface area contributed by atoms with Gasteiger partial charge in [0, 0.05) is 0 Å². The predicted molar refractivity (Wildman–Crippen MR) is 48.1 cm³/mol. The first-order valence-electron chi connectivity index (χ1n) is 4.22. The van der Waals surface area contributed by atoms with Gasteiger partial charge in [-0.2, -0.15) is 0 Å². The van der Waals surface area contributed by atoms with Crippen LogP contribution in [0.5, 0.6) is 0 Å². The number of unbranched alkanes of at least 4 members (excludes halogenated alkanes) is 3. The van der Waals surface area contributed by atoms with Crippen LogP contribution in [0.15, 0.2) is 12.1 Å². The van der Waals surface area contributed by atoms with Crippen LogP contribution in [0, 0.1) is 0 Å². The SMILES string of the molecule is C=C(CCCCCC)B(O)O. The highest BCUT2D eigenvalue weighted by Gasteiger charge is 2.10. The number of hydrogen-bond acceptors (Lipinski definition) is 2. The monoisotopic (exact) mass is 156 g/mol. The first-order valence-corrected chi connectivity index (χ1v) is 4.22. The molecule has 2 nitrogen and oxygen atoms in total. The zero-order valence-corrected chi connectivity index (χ0v) is 7.21. The topological polar surface area (TPSA) is 40.5 Å². The Hall–Kier alpha value is -0.275. The second-order valence-electron chi connectivity index (χ2n) is 2.84. The van der Waals surface area contributed by atoms with Crippen molar-refractivity contribution in [1.29, 1.82) is 0 Å². The van der Waals surface area contributed by atoms with E-state index < -0.39 is 7.12 Å². The van der Waals surface area contributed by atoms with E-state index in [0.717, 1.165) is 19.3 Å². The summed E-state index contributed by atoms with van der Waals surface area (Å²) in [6.45, 7) is 5.70. The summed E-state index contributed by atoms with van der Waals surface area (Å²) in [6, 6.07) is 0. The Morgan fingerprint density at radius 1 is 1.27 bits per heavy atom. The fraction of sp³-hybridized carbons (Fsp3) is 0.750. The van der Waals surface area contributed by atoms with E-state index in [2.05, 4.69) is 13.5 Å². The molecular weight excluding hydrogens is 139 g/mol. The molecule has 0 aromatic heterocycles. The summed E-state index contributed by atoms with van der Waals surface area (Å²) in [7, 11) is -1.32. The Kier molecular flexibility index (Phi) is 6.28. The van der Waals surface area contributed by atoms with Crippen LogP contribution in [0.1, 0.15) is 39.0 Å². The predicted octanol–water partition coefficient (Wildman–Crippen LogP) is 1.52. The van der Waals surface area contributed by atoms with Gasteiger partial charge in [-0.1, -0.05) is 32.6 Å². The first kappa shape index (κ1) is 10.7. The molecule has 0 aromatic rings. The number of allylic oxidation sites excluding steroid dienone is 1. The summed E-state index contributed by atoms with van der Waals surface area (Å²) in [5, 5.41) is 17.3. The Morgan fingerprint density at radius 3 is 2.36 bits per heavy atom. The van der Waals surface area contributed by atoms with E-state index in [1.165, 1.54) is 12.8 Å². The van der Waals surface area contributed by atoms with Crippen molar-refractivity contribution in [2.45, 2.75) is 39.0 Å². The molecule has 64 valence electrons. The van der Waals surface area contributed by atoms with Gasteiger partial charge in [0.15, 0.2) is 0 Å². The van der Waals surface area contributed by atoms with Crippen molar-refractivity contribution in [3.05, 3.63) is 12.1 Å². The van der Waals surface area contributed by atoms with Crippen LogP contribution in [0.2, 0.25) is 0 Å². The standard InChI is InChI=1S/C8H17BO2/c1-3-4-5-6-7-8(2)9(10)11/h10-11H,2-7H2,1H3. The smallest absolute Gasteiger partial charge is 0.423 e. The molecule has 11 heavy (non-hydrogen) atoms. The summed E-state index contributed by atoms with van der Waals surface area (Å²) in [5.74, 6) is 0. The average Bonchev–Trinajstić information content (AvgIpc) is 1.97. The Morgan fingerprint density at radius 2 is 1.91 bits per heavy atom. The maximum absolute atomic E-state index is 8.63. The fourth-order valence-electron chi connectivity index (χ4n) is 0.908. The van der Waals surface area contributed by atoms with Gasteiger partial charge >= 0.3 is 7.12 Å². The minimum absolute atomic E-state index is 0.529. The summed E-state index contributed by atoms with van der Waals surface area (Å²) < 4.78 is 0. The van der Waals surface area contributed by atoms with Crippen LogP contribution in [-0.2, 0) is 0 Å². The van der Waals surface area contributed by atoms with Gasteiger partial charge in [-0.15, -0.1) is 6.58 Å². The molecule has 0 spiro atoms. The van der Waals surface area contributed by atoms with E-state index in [1.54, 1.807) is 0 Å². The molecular formula is C8H17BO2. The fourth-order valence-corrected chi connectivity index (χ4v) is 0.908. The third-order valence-corrected chi connectivity index (χ3v) is 1.72. The van der Waals surface area contributed by atoms with E-state index >= 15 is 0 Å². The van der Waals surface area contributed by atoms with Crippen molar-refractivity contribution >= 4 is 7.12 Å². The zero-order chi connectivity index (χ0) is 8.69. The molecule has 0 atom stereocenters. The van der Waals surface area contributed by atoms with Gasteiger partial charge in [0.05, 0.1) is 0 Å². The molecule has 0 aliphatic heterocycles. The van der Waals surface area contributed by atoms with Crippen LogP contribution < -0.4 is 0 Å². The lowest BCUT2D eigenvalue weighted by Crippen LogP contribution is -2.14. The molecule has 0 aliphatic carbocycles. The van der Waals surface area contributed by atoms with Gasteiger partial charge in [-0.3, -0.25) is 0 Å². The van der Waals surface area contributed by atoms with Crippen LogP contribution in [0.4, 0.5) is 0 Å². The third kappa shape index (κ3) is 6.14. The van der Waals surface area contributed by atoms with Gasteiger partial charge in [0.1, 0.15) is 0 Å². The molecule has 0 fully saturated rings. The lowest BCUT2D eigenvalue weighted by Gasteiger charge is -2.02. The minimum atomic E-state index is -1.32. The van der Waals surface area contributed by atoms with Crippen molar-refractivity contribution < 1.29 is 10.0 Å². The molecule has 0 radical (unpaired) electrons. The van der Waals surface area contributed by atoms with Crippen molar-refractivity contribution in [3.8, 4) is 0 Å². The molecule has 3 heteroatoms. The zero-order valence-electron chi connectivity index (χ0n) is 7.21.